The summed E-state index contributed by atoms with van der Waals surface area (Å²) in [6, 6.07) is 3.15. The highest BCUT2D eigenvalue weighted by Gasteiger charge is 2.26. The first-order chi connectivity index (χ1) is 15.2. The minimum atomic E-state index is 0.159. The van der Waals surface area contributed by atoms with Crippen molar-refractivity contribution in [2.24, 2.45) is 5.92 Å². The van der Waals surface area contributed by atoms with Gasteiger partial charge in [0.2, 0.25) is 0 Å². The molecule has 2 aliphatic rings. The van der Waals surface area contributed by atoms with Crippen molar-refractivity contribution in [2.75, 3.05) is 12.3 Å². The fourth-order valence-corrected chi connectivity index (χ4v) is 5.24. The molecule has 2 saturated carbocycles. The van der Waals surface area contributed by atoms with Crippen molar-refractivity contribution in [3.8, 4) is 0 Å². The summed E-state index contributed by atoms with van der Waals surface area (Å²) in [6.45, 7) is 3.28. The fourth-order valence-electron chi connectivity index (χ4n) is 5.24. The number of hydrogen-bond acceptors (Lipinski definition) is 6. The number of fused-ring (bicyclic) bond motifs is 1. The van der Waals surface area contributed by atoms with Gasteiger partial charge in [-0.3, -0.25) is 4.68 Å². The number of nitrogens with zero attached hydrogens (tertiary/aromatic N) is 5. The average molecular weight is 423 g/mol. The second kappa shape index (κ2) is 8.94. The van der Waals surface area contributed by atoms with Gasteiger partial charge in [0, 0.05) is 18.2 Å². The lowest BCUT2D eigenvalue weighted by Gasteiger charge is -2.29. The molecule has 2 fully saturated rings. The summed E-state index contributed by atoms with van der Waals surface area (Å²) in [7, 11) is 0. The third kappa shape index (κ3) is 4.31. The number of aromatic nitrogens is 6. The second-order valence-electron chi connectivity index (χ2n) is 9.41. The predicted octanol–water partition coefficient (Wildman–Crippen LogP) is 3.94. The van der Waals surface area contributed by atoms with Crippen LogP contribution >= 0.6 is 0 Å². The molecule has 3 aromatic heterocycles. The number of nitrogen functional groups attached to an aromatic ring is 1. The maximum atomic E-state index is 6.13. The molecule has 0 bridgehead atoms. The standard InChI is InChI=1S/C23H34N8/c1-2-15-6-8-17(9-7-15)25-11-10-19(16-13-26-31(14-16)18-4-3-5-18)20-12-21(24)27-23-22(20)28-30-29-23/h12-15,17-19,25H,2-11H2,1H3,(H3,24,27,28,29,30)/t15-,17-,19?. The summed E-state index contributed by atoms with van der Waals surface area (Å²) in [5, 5.41) is 19.7. The Hall–Kier alpha value is -2.48. The lowest BCUT2D eigenvalue weighted by molar-refractivity contribution is 0.285. The molecule has 2 aliphatic carbocycles. The third-order valence-electron chi connectivity index (χ3n) is 7.49. The normalized spacial score (nSPS) is 23.1. The summed E-state index contributed by atoms with van der Waals surface area (Å²) in [5.74, 6) is 1.57. The quantitative estimate of drug-likeness (QED) is 0.507. The summed E-state index contributed by atoms with van der Waals surface area (Å²) in [6.07, 6.45) is 15.6. The second-order valence-corrected chi connectivity index (χ2v) is 9.41. The minimum Gasteiger partial charge on any atom is -0.384 e. The van der Waals surface area contributed by atoms with Crippen molar-refractivity contribution < 1.29 is 0 Å². The van der Waals surface area contributed by atoms with Crippen LogP contribution in [0.25, 0.3) is 11.2 Å². The van der Waals surface area contributed by atoms with Gasteiger partial charge in [0.05, 0.1) is 12.2 Å². The van der Waals surface area contributed by atoms with Crippen LogP contribution in [-0.2, 0) is 0 Å². The lowest BCUT2D eigenvalue weighted by Crippen LogP contribution is -2.34. The molecule has 0 spiro atoms. The third-order valence-corrected chi connectivity index (χ3v) is 7.49. The number of aromatic amines is 1. The Balaban J connectivity index is 1.35. The van der Waals surface area contributed by atoms with Crippen LogP contribution in [-0.4, -0.2) is 42.8 Å². The molecule has 3 heterocycles. The first-order valence-electron chi connectivity index (χ1n) is 12.0. The molecule has 8 nitrogen and oxygen atoms in total. The van der Waals surface area contributed by atoms with Crippen molar-refractivity contribution in [1.82, 2.24) is 35.5 Å². The molecule has 166 valence electrons. The van der Waals surface area contributed by atoms with Crippen molar-refractivity contribution in [2.45, 2.75) is 82.7 Å². The molecule has 0 saturated heterocycles. The van der Waals surface area contributed by atoms with Gasteiger partial charge in [-0.1, -0.05) is 18.6 Å². The molecule has 4 N–H and O–H groups in total. The van der Waals surface area contributed by atoms with Gasteiger partial charge in [0.1, 0.15) is 11.3 Å². The van der Waals surface area contributed by atoms with Crippen LogP contribution in [0.15, 0.2) is 18.5 Å². The fraction of sp³-hybridized carbons (Fsp3) is 0.652. The van der Waals surface area contributed by atoms with Crippen LogP contribution in [0.5, 0.6) is 0 Å². The van der Waals surface area contributed by atoms with Gasteiger partial charge in [-0.25, -0.2) is 10.1 Å². The Kier molecular flexibility index (Phi) is 5.89. The van der Waals surface area contributed by atoms with E-state index in [0.717, 1.165) is 30.0 Å². The summed E-state index contributed by atoms with van der Waals surface area (Å²) >= 11 is 0. The molecule has 0 radical (unpaired) electrons. The summed E-state index contributed by atoms with van der Waals surface area (Å²) < 4.78 is 2.15. The first kappa shape index (κ1) is 20.4. The highest BCUT2D eigenvalue weighted by molar-refractivity contribution is 5.77. The molecule has 5 rings (SSSR count). The molecular formula is C23H34N8. The monoisotopic (exact) mass is 422 g/mol. The SMILES string of the molecule is CC[C@H]1CC[C@H](NCCC(c2cnn(C3CCC3)c2)c2cc(N)nc3[nH]nnc23)CC1. The van der Waals surface area contributed by atoms with Crippen LogP contribution < -0.4 is 11.1 Å². The highest BCUT2D eigenvalue weighted by Crippen LogP contribution is 2.35. The van der Waals surface area contributed by atoms with Crippen molar-refractivity contribution >= 4 is 17.0 Å². The number of nitrogens with one attached hydrogen (secondary N) is 2. The van der Waals surface area contributed by atoms with E-state index < -0.39 is 0 Å². The largest absolute Gasteiger partial charge is 0.384 e. The average Bonchev–Trinajstić information content (AvgIpc) is 3.40. The molecule has 8 heteroatoms. The van der Waals surface area contributed by atoms with Gasteiger partial charge in [0.15, 0.2) is 5.65 Å². The van der Waals surface area contributed by atoms with E-state index in [1.807, 2.05) is 12.3 Å². The van der Waals surface area contributed by atoms with Gasteiger partial charge in [-0.15, -0.1) is 5.10 Å². The summed E-state index contributed by atoms with van der Waals surface area (Å²) in [5.41, 5.74) is 9.89. The van der Waals surface area contributed by atoms with E-state index in [0.29, 0.717) is 23.5 Å². The molecule has 3 aromatic rings. The molecular weight excluding hydrogens is 388 g/mol. The van der Waals surface area contributed by atoms with Gasteiger partial charge in [-0.2, -0.15) is 5.10 Å². The van der Waals surface area contributed by atoms with Crippen LogP contribution in [0.2, 0.25) is 0 Å². The van der Waals surface area contributed by atoms with E-state index in [2.05, 4.69) is 43.5 Å². The molecule has 1 atom stereocenters. The number of anilines is 1. The molecule has 1 unspecified atom stereocenters. The van der Waals surface area contributed by atoms with Gasteiger partial charge in [-0.05, 0) is 81.0 Å². The highest BCUT2D eigenvalue weighted by atomic mass is 15.3. The van der Waals surface area contributed by atoms with Crippen molar-refractivity contribution in [1.29, 1.82) is 0 Å². The molecule has 0 aromatic carbocycles. The van der Waals surface area contributed by atoms with Gasteiger partial charge >= 0.3 is 0 Å². The summed E-state index contributed by atoms with van der Waals surface area (Å²) in [4.78, 5) is 4.36. The Bertz CT molecular complexity index is 996. The maximum absolute atomic E-state index is 6.13. The number of rotatable bonds is 8. The van der Waals surface area contributed by atoms with E-state index >= 15 is 0 Å². The first-order valence-corrected chi connectivity index (χ1v) is 12.0. The Morgan fingerprint density at radius 3 is 2.81 bits per heavy atom. The number of nitrogens with two attached hydrogens (primary N) is 1. The predicted molar refractivity (Wildman–Crippen MR) is 122 cm³/mol. The van der Waals surface area contributed by atoms with Crippen LogP contribution in [0, 0.1) is 5.92 Å². The zero-order valence-electron chi connectivity index (χ0n) is 18.4. The van der Waals surface area contributed by atoms with Crippen molar-refractivity contribution in [3.63, 3.8) is 0 Å². The van der Waals surface area contributed by atoms with Crippen LogP contribution in [0.1, 0.15) is 87.8 Å². The molecule has 0 aliphatic heterocycles. The Morgan fingerprint density at radius 1 is 1.23 bits per heavy atom. The van der Waals surface area contributed by atoms with Gasteiger partial charge < -0.3 is 11.1 Å². The number of pyridine rings is 1. The zero-order chi connectivity index (χ0) is 21.2. The zero-order valence-corrected chi connectivity index (χ0v) is 18.4. The van der Waals surface area contributed by atoms with Crippen LogP contribution in [0.4, 0.5) is 5.82 Å². The Labute approximate surface area is 183 Å². The molecule has 0 amide bonds. The number of H-pyrrole nitrogens is 1. The van der Waals surface area contributed by atoms with Gasteiger partial charge in [0.25, 0.3) is 0 Å². The maximum Gasteiger partial charge on any atom is 0.178 e. The van der Waals surface area contributed by atoms with E-state index in [1.165, 1.54) is 56.9 Å². The van der Waals surface area contributed by atoms with E-state index in [1.54, 1.807) is 0 Å². The smallest absolute Gasteiger partial charge is 0.178 e. The van der Waals surface area contributed by atoms with Crippen molar-refractivity contribution in [3.05, 3.63) is 29.6 Å². The molecule has 31 heavy (non-hydrogen) atoms. The Morgan fingerprint density at radius 2 is 2.06 bits per heavy atom. The lowest BCUT2D eigenvalue weighted by atomic mass is 9.84. The van der Waals surface area contributed by atoms with Crippen LogP contribution in [0.3, 0.4) is 0 Å². The topological polar surface area (TPSA) is 110 Å². The minimum absolute atomic E-state index is 0.159. The van der Waals surface area contributed by atoms with E-state index in [9.17, 15) is 0 Å². The van der Waals surface area contributed by atoms with E-state index in [4.69, 9.17) is 10.8 Å². The number of hydrogen-bond donors (Lipinski definition) is 3. The van der Waals surface area contributed by atoms with E-state index in [-0.39, 0.29) is 5.92 Å².